The molecule has 26 heavy (non-hydrogen) atoms. The first-order chi connectivity index (χ1) is 12.6. The van der Waals surface area contributed by atoms with E-state index in [-0.39, 0.29) is 23.7 Å². The monoisotopic (exact) mass is 352 g/mol. The molecule has 5 heteroatoms. The molecular formula is C21H24N2O3. The molecule has 0 heterocycles. The van der Waals surface area contributed by atoms with Crippen LogP contribution in [0.4, 0.5) is 0 Å². The van der Waals surface area contributed by atoms with E-state index in [4.69, 9.17) is 4.74 Å². The quantitative estimate of drug-likeness (QED) is 0.805. The summed E-state index contributed by atoms with van der Waals surface area (Å²) >= 11 is 0. The summed E-state index contributed by atoms with van der Waals surface area (Å²) < 4.78 is 5.11. The number of hydrogen-bond acceptors (Lipinski definition) is 3. The number of nitrogens with one attached hydrogen (secondary N) is 2. The fourth-order valence-electron chi connectivity index (χ4n) is 2.96. The first-order valence-corrected chi connectivity index (χ1v) is 8.81. The van der Waals surface area contributed by atoms with Crippen LogP contribution in [0, 0.1) is 18.8 Å². The normalized spacial score (nSPS) is 18.1. The van der Waals surface area contributed by atoms with Gasteiger partial charge in [-0.25, -0.2) is 0 Å². The highest BCUT2D eigenvalue weighted by molar-refractivity contribution is 5.92. The van der Waals surface area contributed by atoms with Crippen molar-refractivity contribution in [3.05, 3.63) is 65.2 Å². The minimum atomic E-state index is -0.217. The van der Waals surface area contributed by atoms with Gasteiger partial charge < -0.3 is 15.4 Å². The van der Waals surface area contributed by atoms with Gasteiger partial charge in [0.2, 0.25) is 11.8 Å². The molecule has 1 saturated carbocycles. The third kappa shape index (κ3) is 4.42. The molecule has 2 aromatic rings. The Balaban J connectivity index is 1.43. The van der Waals surface area contributed by atoms with Gasteiger partial charge in [-0.1, -0.05) is 36.4 Å². The van der Waals surface area contributed by atoms with Crippen LogP contribution in [0.1, 0.15) is 23.1 Å². The zero-order valence-electron chi connectivity index (χ0n) is 15.1. The number of carbonyl (C=O) groups excluding carboxylic acids is 2. The Bertz CT molecular complexity index is 786. The molecule has 2 N–H and O–H groups in total. The molecule has 1 aliphatic rings. The molecule has 136 valence electrons. The first kappa shape index (κ1) is 18.0. The van der Waals surface area contributed by atoms with E-state index >= 15 is 0 Å². The average molecular weight is 352 g/mol. The third-order valence-electron chi connectivity index (χ3n) is 4.80. The maximum atomic E-state index is 12.2. The minimum absolute atomic E-state index is 0.0437. The van der Waals surface area contributed by atoms with Gasteiger partial charge in [-0.3, -0.25) is 9.59 Å². The largest absolute Gasteiger partial charge is 0.497 e. The van der Waals surface area contributed by atoms with Gasteiger partial charge in [0.15, 0.2) is 0 Å². The van der Waals surface area contributed by atoms with E-state index < -0.39 is 0 Å². The fourth-order valence-corrected chi connectivity index (χ4v) is 2.96. The van der Waals surface area contributed by atoms with Crippen LogP contribution in [0.5, 0.6) is 5.75 Å². The summed E-state index contributed by atoms with van der Waals surface area (Å²) in [5.41, 5.74) is 3.25. The van der Waals surface area contributed by atoms with E-state index in [1.165, 1.54) is 0 Å². The molecule has 2 aromatic carbocycles. The van der Waals surface area contributed by atoms with E-state index in [9.17, 15) is 9.59 Å². The molecule has 0 saturated heterocycles. The van der Waals surface area contributed by atoms with Crippen LogP contribution in [0.2, 0.25) is 0 Å². The Hall–Kier alpha value is -2.82. The lowest BCUT2D eigenvalue weighted by molar-refractivity contribution is -0.127. The molecule has 1 fully saturated rings. The Kier molecular flexibility index (Phi) is 5.56. The Morgan fingerprint density at radius 2 is 1.58 bits per heavy atom. The van der Waals surface area contributed by atoms with Crippen molar-refractivity contribution in [3.63, 3.8) is 0 Å². The molecule has 0 radical (unpaired) electrons. The predicted octanol–water partition coefficient (Wildman–Crippen LogP) is 2.57. The van der Waals surface area contributed by atoms with Gasteiger partial charge in [0.1, 0.15) is 5.75 Å². The van der Waals surface area contributed by atoms with Crippen molar-refractivity contribution < 1.29 is 14.3 Å². The van der Waals surface area contributed by atoms with Crippen LogP contribution in [-0.2, 0) is 22.7 Å². The second kappa shape index (κ2) is 8.04. The molecule has 2 unspecified atom stereocenters. The van der Waals surface area contributed by atoms with E-state index in [1.54, 1.807) is 7.11 Å². The smallest absolute Gasteiger partial charge is 0.224 e. The molecule has 5 nitrogen and oxygen atoms in total. The van der Waals surface area contributed by atoms with Gasteiger partial charge in [-0.05, 0) is 42.2 Å². The number of aryl methyl sites for hydroxylation is 1. The van der Waals surface area contributed by atoms with Crippen LogP contribution in [0.3, 0.4) is 0 Å². The van der Waals surface area contributed by atoms with Crippen LogP contribution in [0.25, 0.3) is 0 Å². The van der Waals surface area contributed by atoms with Gasteiger partial charge in [-0.15, -0.1) is 0 Å². The molecule has 0 bridgehead atoms. The van der Waals surface area contributed by atoms with Crippen LogP contribution in [-0.4, -0.2) is 18.9 Å². The van der Waals surface area contributed by atoms with Crippen LogP contribution < -0.4 is 15.4 Å². The SMILES string of the molecule is COc1ccc(CNC(=O)C2CC2C(=O)NCc2ccccc2C)cc1. The molecule has 1 aliphatic carbocycles. The summed E-state index contributed by atoms with van der Waals surface area (Å²) in [6.45, 7) is 2.98. The van der Waals surface area contributed by atoms with Crippen molar-refractivity contribution in [2.75, 3.05) is 7.11 Å². The van der Waals surface area contributed by atoms with Crippen molar-refractivity contribution in [2.45, 2.75) is 26.4 Å². The molecule has 2 amide bonds. The predicted molar refractivity (Wildman–Crippen MR) is 99.5 cm³/mol. The highest BCUT2D eigenvalue weighted by atomic mass is 16.5. The van der Waals surface area contributed by atoms with Crippen LogP contribution >= 0.6 is 0 Å². The van der Waals surface area contributed by atoms with Crippen LogP contribution in [0.15, 0.2) is 48.5 Å². The number of amides is 2. The van der Waals surface area contributed by atoms with Crippen molar-refractivity contribution in [2.24, 2.45) is 11.8 Å². The third-order valence-corrected chi connectivity index (χ3v) is 4.80. The van der Waals surface area contributed by atoms with E-state index in [0.29, 0.717) is 19.5 Å². The summed E-state index contributed by atoms with van der Waals surface area (Å²) in [6.07, 6.45) is 0.619. The highest BCUT2D eigenvalue weighted by Gasteiger charge is 2.47. The first-order valence-electron chi connectivity index (χ1n) is 8.81. The van der Waals surface area contributed by atoms with E-state index in [0.717, 1.165) is 22.4 Å². The molecule has 3 rings (SSSR count). The van der Waals surface area contributed by atoms with E-state index in [2.05, 4.69) is 10.6 Å². The molecular weight excluding hydrogens is 328 g/mol. The molecule has 0 aromatic heterocycles. The number of carbonyl (C=O) groups is 2. The van der Waals surface area contributed by atoms with Gasteiger partial charge in [0.05, 0.1) is 18.9 Å². The summed E-state index contributed by atoms with van der Waals surface area (Å²) in [7, 11) is 1.62. The number of rotatable bonds is 7. The zero-order valence-corrected chi connectivity index (χ0v) is 15.1. The Morgan fingerprint density at radius 1 is 0.962 bits per heavy atom. The van der Waals surface area contributed by atoms with Gasteiger partial charge in [0.25, 0.3) is 0 Å². The second-order valence-electron chi connectivity index (χ2n) is 6.66. The minimum Gasteiger partial charge on any atom is -0.497 e. The molecule has 0 spiro atoms. The van der Waals surface area contributed by atoms with Crippen molar-refractivity contribution in [3.8, 4) is 5.75 Å². The summed E-state index contributed by atoms with van der Waals surface area (Å²) in [5.74, 6) is 0.252. The summed E-state index contributed by atoms with van der Waals surface area (Å²) in [4.78, 5) is 24.5. The topological polar surface area (TPSA) is 67.4 Å². The number of methoxy groups -OCH3 is 1. The maximum Gasteiger partial charge on any atom is 0.224 e. The zero-order chi connectivity index (χ0) is 18.5. The van der Waals surface area contributed by atoms with Gasteiger partial charge in [0, 0.05) is 13.1 Å². The standard InChI is InChI=1S/C21H24N2O3/c1-14-5-3-4-6-16(14)13-23-21(25)19-11-18(19)20(24)22-12-15-7-9-17(26-2)10-8-15/h3-10,18-19H,11-13H2,1-2H3,(H,22,24)(H,23,25). The summed E-state index contributed by atoms with van der Waals surface area (Å²) in [5, 5.41) is 5.85. The molecule has 2 atom stereocenters. The number of benzene rings is 2. The lowest BCUT2D eigenvalue weighted by atomic mass is 10.1. The van der Waals surface area contributed by atoms with Crippen molar-refractivity contribution >= 4 is 11.8 Å². The second-order valence-corrected chi connectivity index (χ2v) is 6.66. The van der Waals surface area contributed by atoms with Gasteiger partial charge >= 0.3 is 0 Å². The fraction of sp³-hybridized carbons (Fsp3) is 0.333. The van der Waals surface area contributed by atoms with Crippen molar-refractivity contribution in [1.29, 1.82) is 0 Å². The maximum absolute atomic E-state index is 12.2. The Morgan fingerprint density at radius 3 is 2.19 bits per heavy atom. The van der Waals surface area contributed by atoms with Gasteiger partial charge in [-0.2, -0.15) is 0 Å². The number of hydrogen-bond donors (Lipinski definition) is 2. The van der Waals surface area contributed by atoms with E-state index in [1.807, 2.05) is 55.5 Å². The lowest BCUT2D eigenvalue weighted by Crippen LogP contribution is -2.29. The number of ether oxygens (including phenoxy) is 1. The molecule has 0 aliphatic heterocycles. The average Bonchev–Trinajstić information content (AvgIpc) is 3.46. The Labute approximate surface area is 153 Å². The summed E-state index contributed by atoms with van der Waals surface area (Å²) in [6, 6.07) is 15.5. The highest BCUT2D eigenvalue weighted by Crippen LogP contribution is 2.38. The lowest BCUT2D eigenvalue weighted by Gasteiger charge is -2.08. The van der Waals surface area contributed by atoms with Crippen molar-refractivity contribution in [1.82, 2.24) is 10.6 Å².